The lowest BCUT2D eigenvalue weighted by Gasteiger charge is -2.39. The number of ketones is 1. The van der Waals surface area contributed by atoms with Gasteiger partial charge in [-0.05, 0) is 68.5 Å². The number of hydrogen-bond acceptors (Lipinski definition) is 7. The highest BCUT2D eigenvalue weighted by atomic mass is 16.6. The van der Waals surface area contributed by atoms with Crippen molar-refractivity contribution >= 4 is 17.2 Å². The third-order valence-electron chi connectivity index (χ3n) is 7.66. The minimum absolute atomic E-state index is 0.0755. The van der Waals surface area contributed by atoms with Crippen LogP contribution in [0.2, 0.25) is 0 Å². The number of nitro groups is 1. The van der Waals surface area contributed by atoms with Crippen molar-refractivity contribution < 1.29 is 14.5 Å². The summed E-state index contributed by atoms with van der Waals surface area (Å²) in [5, 5.41) is 22.3. The first-order valence-electron chi connectivity index (χ1n) is 13.2. The average molecular weight is 535 g/mol. The maximum absolute atomic E-state index is 13.6. The second kappa shape index (κ2) is 10.7. The Morgan fingerprint density at radius 1 is 1.07 bits per heavy atom. The molecule has 0 amide bonds. The fourth-order valence-corrected chi connectivity index (χ4v) is 5.69. The van der Waals surface area contributed by atoms with Gasteiger partial charge >= 0.3 is 0 Å². The molecule has 40 heavy (non-hydrogen) atoms. The summed E-state index contributed by atoms with van der Waals surface area (Å²) in [5.74, 6) is 0.104. The van der Waals surface area contributed by atoms with E-state index in [-0.39, 0.29) is 28.6 Å². The average Bonchev–Trinajstić information content (AvgIpc) is 2.93. The molecule has 3 aromatic rings. The summed E-state index contributed by atoms with van der Waals surface area (Å²) < 4.78 is 6.09. The number of nitrogens with zero attached hydrogens (tertiary/aromatic N) is 3. The molecule has 3 aromatic carbocycles. The van der Waals surface area contributed by atoms with E-state index in [1.165, 1.54) is 6.07 Å². The van der Waals surface area contributed by atoms with Crippen LogP contribution in [0.3, 0.4) is 0 Å². The fourth-order valence-electron chi connectivity index (χ4n) is 5.69. The van der Waals surface area contributed by atoms with Crippen LogP contribution in [0.4, 0.5) is 11.4 Å². The van der Waals surface area contributed by atoms with Gasteiger partial charge in [0.25, 0.3) is 5.69 Å². The van der Waals surface area contributed by atoms with E-state index < -0.39 is 10.8 Å². The van der Waals surface area contributed by atoms with E-state index in [0.717, 1.165) is 33.6 Å². The van der Waals surface area contributed by atoms with Crippen LogP contribution < -0.4 is 15.4 Å². The minimum atomic E-state index is -0.676. The van der Waals surface area contributed by atoms with Gasteiger partial charge in [-0.1, -0.05) is 47.5 Å². The number of allylic oxidation sites excluding steroid dienone is 3. The standard InChI is InChI=1S/C32H30N4O4/c1-19-11-13-23(14-12-19)40-18-22-15-20(2)16-24(21(22)3)30-25(17-33)32(34)35(28-9-6-10-29(37)31(28)30)26-7-4-5-8-27(26)36(38)39/h4-5,7-8,11-16,30H,6,9-10,18,34H2,1-3H3. The number of carbonyl (C=O) groups excluding carboxylic acids is 1. The summed E-state index contributed by atoms with van der Waals surface area (Å²) in [6.07, 6.45) is 1.45. The van der Waals surface area contributed by atoms with Gasteiger partial charge in [0.05, 0.1) is 22.5 Å². The topological polar surface area (TPSA) is 122 Å². The number of para-hydroxylation sites is 2. The molecule has 0 spiro atoms. The number of Topliss-reactive ketones (excluding diaryl/α,β-unsaturated/α-hetero) is 1. The molecule has 0 saturated heterocycles. The van der Waals surface area contributed by atoms with Gasteiger partial charge < -0.3 is 10.5 Å². The number of anilines is 1. The van der Waals surface area contributed by atoms with Gasteiger partial charge in [-0.25, -0.2) is 0 Å². The molecule has 1 aliphatic heterocycles. The van der Waals surface area contributed by atoms with Gasteiger partial charge in [0.1, 0.15) is 23.9 Å². The number of hydrogen-bond donors (Lipinski definition) is 1. The zero-order valence-electron chi connectivity index (χ0n) is 22.7. The predicted octanol–water partition coefficient (Wildman–Crippen LogP) is 6.40. The third kappa shape index (κ3) is 4.71. The molecule has 0 saturated carbocycles. The number of nitriles is 1. The Hall–Kier alpha value is -4.90. The highest BCUT2D eigenvalue weighted by molar-refractivity contribution is 6.01. The van der Waals surface area contributed by atoms with Crippen molar-refractivity contribution in [1.82, 2.24) is 0 Å². The lowest BCUT2D eigenvalue weighted by Crippen LogP contribution is -2.39. The molecule has 0 aromatic heterocycles. The van der Waals surface area contributed by atoms with Crippen molar-refractivity contribution in [3.05, 3.63) is 121 Å². The molecule has 2 aliphatic rings. The van der Waals surface area contributed by atoms with Gasteiger partial charge in [0, 0.05) is 23.8 Å². The van der Waals surface area contributed by atoms with Crippen LogP contribution in [0.15, 0.2) is 83.3 Å². The molecule has 1 aliphatic carbocycles. The molecule has 0 bridgehead atoms. The van der Waals surface area contributed by atoms with Gasteiger partial charge in [0.15, 0.2) is 5.78 Å². The highest BCUT2D eigenvalue weighted by Crippen LogP contribution is 2.48. The summed E-state index contributed by atoms with van der Waals surface area (Å²) in [4.78, 5) is 26.5. The van der Waals surface area contributed by atoms with Gasteiger partial charge in [0.2, 0.25) is 0 Å². The Bertz CT molecular complexity index is 1630. The summed E-state index contributed by atoms with van der Waals surface area (Å²) in [6.45, 7) is 6.27. The summed E-state index contributed by atoms with van der Waals surface area (Å²) in [7, 11) is 0. The van der Waals surface area contributed by atoms with E-state index in [1.807, 2.05) is 57.2 Å². The maximum Gasteiger partial charge on any atom is 0.293 e. The Morgan fingerprint density at radius 2 is 1.80 bits per heavy atom. The minimum Gasteiger partial charge on any atom is -0.489 e. The zero-order valence-corrected chi connectivity index (χ0v) is 22.7. The van der Waals surface area contributed by atoms with Crippen molar-refractivity contribution in [2.24, 2.45) is 5.73 Å². The highest BCUT2D eigenvalue weighted by Gasteiger charge is 2.42. The van der Waals surface area contributed by atoms with Crippen LogP contribution in [-0.2, 0) is 11.4 Å². The number of carbonyl (C=O) groups is 1. The maximum atomic E-state index is 13.6. The quantitative estimate of drug-likeness (QED) is 0.287. The molecule has 2 N–H and O–H groups in total. The number of rotatable bonds is 6. The van der Waals surface area contributed by atoms with Crippen LogP contribution in [0.1, 0.15) is 53.0 Å². The molecule has 0 radical (unpaired) electrons. The second-order valence-electron chi connectivity index (χ2n) is 10.3. The number of nitro benzene ring substituents is 1. The Morgan fingerprint density at radius 3 is 2.50 bits per heavy atom. The molecular formula is C32H30N4O4. The zero-order chi connectivity index (χ0) is 28.6. The molecule has 1 heterocycles. The van der Waals surface area contributed by atoms with Crippen LogP contribution >= 0.6 is 0 Å². The van der Waals surface area contributed by atoms with Crippen LogP contribution in [0.5, 0.6) is 5.75 Å². The number of ether oxygens (including phenoxy) is 1. The largest absolute Gasteiger partial charge is 0.489 e. The summed E-state index contributed by atoms with van der Waals surface area (Å²) in [6, 6.07) is 20.4. The molecule has 8 heteroatoms. The van der Waals surface area contributed by atoms with Crippen molar-refractivity contribution in [3.8, 4) is 11.8 Å². The first kappa shape index (κ1) is 26.7. The predicted molar refractivity (Wildman–Crippen MR) is 152 cm³/mol. The Balaban J connectivity index is 1.66. The number of aryl methyl sites for hydroxylation is 2. The van der Waals surface area contributed by atoms with Crippen molar-refractivity contribution in [2.45, 2.75) is 52.6 Å². The fraction of sp³-hybridized carbons (Fsp3) is 0.250. The Labute approximate surface area is 233 Å². The lowest BCUT2D eigenvalue weighted by atomic mass is 9.73. The van der Waals surface area contributed by atoms with Crippen molar-refractivity contribution in [2.75, 3.05) is 4.90 Å². The molecule has 8 nitrogen and oxygen atoms in total. The Kier molecular flexibility index (Phi) is 7.14. The molecular weight excluding hydrogens is 504 g/mol. The first-order valence-corrected chi connectivity index (χ1v) is 13.2. The third-order valence-corrected chi connectivity index (χ3v) is 7.66. The molecule has 5 rings (SSSR count). The SMILES string of the molecule is Cc1ccc(OCc2cc(C)cc(C3C(C#N)=C(N)N(c4ccccc4[N+](=O)[O-])C4=C3C(=O)CCC4)c2C)cc1. The van der Waals surface area contributed by atoms with Crippen LogP contribution in [0, 0.1) is 42.2 Å². The second-order valence-corrected chi connectivity index (χ2v) is 10.3. The van der Waals surface area contributed by atoms with Gasteiger partial charge in [-0.2, -0.15) is 5.26 Å². The molecule has 0 fully saturated rings. The van der Waals surface area contributed by atoms with E-state index in [4.69, 9.17) is 10.5 Å². The first-order chi connectivity index (χ1) is 19.2. The summed E-state index contributed by atoms with van der Waals surface area (Å²) >= 11 is 0. The lowest BCUT2D eigenvalue weighted by molar-refractivity contribution is -0.384. The van der Waals surface area contributed by atoms with Crippen molar-refractivity contribution in [1.29, 1.82) is 5.26 Å². The van der Waals surface area contributed by atoms with Crippen molar-refractivity contribution in [3.63, 3.8) is 0 Å². The molecule has 202 valence electrons. The van der Waals surface area contributed by atoms with Gasteiger partial charge in [-0.15, -0.1) is 0 Å². The molecule has 1 unspecified atom stereocenters. The van der Waals surface area contributed by atoms with E-state index >= 15 is 0 Å². The van der Waals surface area contributed by atoms with E-state index in [0.29, 0.717) is 37.1 Å². The van der Waals surface area contributed by atoms with E-state index in [1.54, 1.807) is 23.1 Å². The van der Waals surface area contributed by atoms with E-state index in [2.05, 4.69) is 6.07 Å². The number of nitrogens with two attached hydrogens (primary N) is 1. The van der Waals surface area contributed by atoms with Crippen LogP contribution in [-0.4, -0.2) is 10.7 Å². The van der Waals surface area contributed by atoms with E-state index in [9.17, 15) is 20.2 Å². The smallest absolute Gasteiger partial charge is 0.293 e. The van der Waals surface area contributed by atoms with Gasteiger partial charge in [-0.3, -0.25) is 19.8 Å². The number of benzene rings is 3. The normalized spacial score (nSPS) is 17.0. The summed E-state index contributed by atoms with van der Waals surface area (Å²) in [5.41, 5.74) is 12.8. The van der Waals surface area contributed by atoms with Crippen LogP contribution in [0.25, 0.3) is 0 Å². The monoisotopic (exact) mass is 534 g/mol. The molecule has 1 atom stereocenters.